The Morgan fingerprint density at radius 3 is 2.44 bits per heavy atom. The fourth-order valence-corrected chi connectivity index (χ4v) is 5.01. The number of anilines is 1. The van der Waals surface area contributed by atoms with E-state index in [0.29, 0.717) is 6.42 Å². The number of carbonyl (C=O) groups is 1. The van der Waals surface area contributed by atoms with E-state index >= 15 is 0 Å². The molecule has 0 atom stereocenters. The Balaban J connectivity index is 1.23. The number of rotatable bonds is 6. The van der Waals surface area contributed by atoms with Crippen LogP contribution < -0.4 is 4.90 Å². The normalized spacial score (nSPS) is 14.1. The number of aromatic nitrogens is 1. The van der Waals surface area contributed by atoms with Crippen molar-refractivity contribution in [2.24, 2.45) is 0 Å². The first kappa shape index (κ1) is 22.5. The van der Waals surface area contributed by atoms with Crippen LogP contribution >= 0.6 is 11.6 Å². The molecule has 34 heavy (non-hydrogen) atoms. The molecule has 1 aromatic heterocycles. The van der Waals surface area contributed by atoms with E-state index in [9.17, 15) is 4.79 Å². The molecule has 1 aliphatic heterocycles. The van der Waals surface area contributed by atoms with Gasteiger partial charge in [-0.3, -0.25) is 4.79 Å². The van der Waals surface area contributed by atoms with Gasteiger partial charge in [0.2, 0.25) is 5.91 Å². The number of halogens is 1. The van der Waals surface area contributed by atoms with Gasteiger partial charge in [0.25, 0.3) is 0 Å². The Hall–Kier alpha value is -3.24. The van der Waals surface area contributed by atoms with Crippen molar-refractivity contribution < 1.29 is 4.79 Å². The maximum atomic E-state index is 13.0. The number of carbonyl (C=O) groups excluding carboxylic acids is 1. The molecule has 2 heterocycles. The Morgan fingerprint density at radius 2 is 1.68 bits per heavy atom. The molecule has 0 aliphatic carbocycles. The zero-order valence-corrected chi connectivity index (χ0v) is 20.3. The number of fused-ring (bicyclic) bond motifs is 1. The average molecular weight is 472 g/mol. The summed E-state index contributed by atoms with van der Waals surface area (Å²) >= 11 is 6.14. The summed E-state index contributed by atoms with van der Waals surface area (Å²) in [5.41, 5.74) is 6.15. The Bertz CT molecular complexity index is 1290. The molecule has 3 aromatic carbocycles. The lowest BCUT2D eigenvalue weighted by atomic mass is 10.1. The van der Waals surface area contributed by atoms with Crippen LogP contribution in [0.5, 0.6) is 0 Å². The summed E-state index contributed by atoms with van der Waals surface area (Å²) in [7, 11) is 0. The zero-order valence-electron chi connectivity index (χ0n) is 19.6. The lowest BCUT2D eigenvalue weighted by Gasteiger charge is -2.36. The highest BCUT2D eigenvalue weighted by Crippen LogP contribution is 2.25. The molecule has 4 nitrogen and oxygen atoms in total. The zero-order chi connectivity index (χ0) is 23.5. The van der Waals surface area contributed by atoms with E-state index in [0.717, 1.165) is 49.9 Å². The Morgan fingerprint density at radius 1 is 0.912 bits per heavy atom. The molecule has 174 valence electrons. The largest absolute Gasteiger partial charge is 0.368 e. The van der Waals surface area contributed by atoms with Crippen molar-refractivity contribution in [3.8, 4) is 0 Å². The van der Waals surface area contributed by atoms with Crippen molar-refractivity contribution in [2.45, 2.75) is 26.3 Å². The fraction of sp³-hybridized carbons (Fsp3) is 0.276. The molecule has 0 unspecified atom stereocenters. The smallest absolute Gasteiger partial charge is 0.223 e. The van der Waals surface area contributed by atoms with E-state index in [2.05, 4.69) is 77.2 Å². The summed E-state index contributed by atoms with van der Waals surface area (Å²) in [4.78, 5) is 17.3. The lowest BCUT2D eigenvalue weighted by molar-refractivity contribution is -0.131. The first-order valence-corrected chi connectivity index (χ1v) is 12.4. The molecule has 5 heteroatoms. The molecule has 0 spiro atoms. The van der Waals surface area contributed by atoms with Gasteiger partial charge in [0, 0.05) is 67.0 Å². The predicted octanol–water partition coefficient (Wildman–Crippen LogP) is 5.93. The van der Waals surface area contributed by atoms with Crippen LogP contribution in [0.25, 0.3) is 10.9 Å². The van der Waals surface area contributed by atoms with E-state index in [-0.39, 0.29) is 5.91 Å². The third kappa shape index (κ3) is 4.97. The molecule has 1 fully saturated rings. The van der Waals surface area contributed by atoms with E-state index in [1.54, 1.807) is 0 Å². The number of aryl methyl sites for hydroxylation is 2. The number of benzene rings is 3. The van der Waals surface area contributed by atoms with Gasteiger partial charge < -0.3 is 14.4 Å². The summed E-state index contributed by atoms with van der Waals surface area (Å²) in [6, 6.07) is 25.1. The third-order valence-electron chi connectivity index (χ3n) is 6.76. The van der Waals surface area contributed by atoms with Crippen LogP contribution in [-0.4, -0.2) is 41.6 Å². The van der Waals surface area contributed by atoms with Gasteiger partial charge in [0.15, 0.2) is 0 Å². The second-order valence-electron chi connectivity index (χ2n) is 9.13. The van der Waals surface area contributed by atoms with E-state index in [4.69, 9.17) is 11.6 Å². The van der Waals surface area contributed by atoms with Gasteiger partial charge >= 0.3 is 0 Å². The molecule has 0 bridgehead atoms. The van der Waals surface area contributed by atoms with Crippen molar-refractivity contribution in [1.82, 2.24) is 9.47 Å². The molecule has 4 aromatic rings. The topological polar surface area (TPSA) is 28.5 Å². The standard InChI is InChI=1S/C29H30ClN3O/c1-22-9-11-23(12-10-22)20-33-21-24(27-7-2-3-8-28(27)33)13-14-29(34)32-17-15-31(16-18-32)26-6-4-5-25(30)19-26/h2-12,19,21H,13-18,20H2,1H3. The maximum absolute atomic E-state index is 13.0. The van der Waals surface area contributed by atoms with Gasteiger partial charge in [-0.1, -0.05) is 65.7 Å². The van der Waals surface area contributed by atoms with Gasteiger partial charge in [0.1, 0.15) is 0 Å². The van der Waals surface area contributed by atoms with Gasteiger partial charge in [0.05, 0.1) is 0 Å². The fourth-order valence-electron chi connectivity index (χ4n) is 4.83. The minimum atomic E-state index is 0.237. The molecule has 0 N–H and O–H groups in total. The van der Waals surface area contributed by atoms with Crippen molar-refractivity contribution in [2.75, 3.05) is 31.1 Å². The highest BCUT2D eigenvalue weighted by atomic mass is 35.5. The Labute approximate surface area is 206 Å². The number of hydrogen-bond donors (Lipinski definition) is 0. The summed E-state index contributed by atoms with van der Waals surface area (Å²) in [6.07, 6.45) is 3.53. The van der Waals surface area contributed by atoms with Crippen molar-refractivity contribution in [3.05, 3.63) is 101 Å². The summed E-state index contributed by atoms with van der Waals surface area (Å²) in [6.45, 7) is 6.12. The monoisotopic (exact) mass is 471 g/mol. The molecular formula is C29H30ClN3O. The van der Waals surface area contributed by atoms with Crippen LogP contribution in [0.4, 0.5) is 5.69 Å². The maximum Gasteiger partial charge on any atom is 0.223 e. The van der Waals surface area contributed by atoms with Gasteiger partial charge in [-0.05, 0) is 48.7 Å². The van der Waals surface area contributed by atoms with Gasteiger partial charge in [-0.25, -0.2) is 0 Å². The molecule has 0 saturated carbocycles. The van der Waals surface area contributed by atoms with Crippen molar-refractivity contribution >= 4 is 34.1 Å². The molecule has 5 rings (SSSR count). The third-order valence-corrected chi connectivity index (χ3v) is 6.99. The van der Waals surface area contributed by atoms with Crippen LogP contribution in [0.15, 0.2) is 79.0 Å². The number of para-hydroxylation sites is 1. The van der Waals surface area contributed by atoms with Gasteiger partial charge in [-0.2, -0.15) is 0 Å². The van der Waals surface area contributed by atoms with Crippen LogP contribution in [0.3, 0.4) is 0 Å². The van der Waals surface area contributed by atoms with Crippen molar-refractivity contribution in [1.29, 1.82) is 0 Å². The van der Waals surface area contributed by atoms with Crippen LogP contribution in [0, 0.1) is 6.92 Å². The highest BCUT2D eigenvalue weighted by Gasteiger charge is 2.21. The van der Waals surface area contributed by atoms with E-state index < -0.39 is 0 Å². The minimum absolute atomic E-state index is 0.237. The minimum Gasteiger partial charge on any atom is -0.368 e. The summed E-state index contributed by atoms with van der Waals surface area (Å²) in [5, 5.41) is 1.99. The first-order valence-electron chi connectivity index (χ1n) is 12.0. The number of nitrogens with zero attached hydrogens (tertiary/aromatic N) is 3. The summed E-state index contributed by atoms with van der Waals surface area (Å²) in [5.74, 6) is 0.237. The Kier molecular flexibility index (Phi) is 6.59. The van der Waals surface area contributed by atoms with Crippen molar-refractivity contribution in [3.63, 3.8) is 0 Å². The molecular weight excluding hydrogens is 442 g/mol. The summed E-state index contributed by atoms with van der Waals surface area (Å²) < 4.78 is 2.31. The number of hydrogen-bond acceptors (Lipinski definition) is 2. The van der Waals surface area contributed by atoms with Crippen LogP contribution in [0.2, 0.25) is 5.02 Å². The first-order chi connectivity index (χ1) is 16.6. The van der Waals surface area contributed by atoms with Crippen LogP contribution in [-0.2, 0) is 17.8 Å². The quantitative estimate of drug-likeness (QED) is 0.348. The molecule has 0 radical (unpaired) electrons. The highest BCUT2D eigenvalue weighted by molar-refractivity contribution is 6.30. The second-order valence-corrected chi connectivity index (χ2v) is 9.57. The van der Waals surface area contributed by atoms with E-state index in [1.165, 1.54) is 27.6 Å². The molecule has 1 saturated heterocycles. The SMILES string of the molecule is Cc1ccc(Cn2cc(CCC(=O)N3CCN(c4cccc(Cl)c4)CC3)c3ccccc32)cc1. The van der Waals surface area contributed by atoms with Gasteiger partial charge in [-0.15, -0.1) is 0 Å². The lowest BCUT2D eigenvalue weighted by Crippen LogP contribution is -2.48. The number of piperazine rings is 1. The van der Waals surface area contributed by atoms with Crippen LogP contribution in [0.1, 0.15) is 23.1 Å². The average Bonchev–Trinajstić information content (AvgIpc) is 3.21. The number of amides is 1. The molecule has 1 aliphatic rings. The molecule has 1 amide bonds. The predicted molar refractivity (Wildman–Crippen MR) is 141 cm³/mol. The van der Waals surface area contributed by atoms with E-state index in [1.807, 2.05) is 23.1 Å². The second kappa shape index (κ2) is 9.94.